The Morgan fingerprint density at radius 1 is 1.04 bits per heavy atom. The van der Waals surface area contributed by atoms with Crippen molar-refractivity contribution in [1.82, 2.24) is 9.88 Å². The summed E-state index contributed by atoms with van der Waals surface area (Å²) in [6, 6.07) is 16.8. The van der Waals surface area contributed by atoms with Crippen LogP contribution in [0.15, 0.2) is 60.8 Å². The van der Waals surface area contributed by atoms with Crippen molar-refractivity contribution in [2.24, 2.45) is 0 Å². The van der Waals surface area contributed by atoms with Crippen LogP contribution < -0.4 is 5.32 Å². The standard InChI is InChI=1S/C19H19FN2O/c20-17-7-3-1-5-15(17)9-12-21-19(23)11-14-22-13-10-16-6-2-4-8-18(16)22/h1-8,10,13H,9,11-12,14H2,(H,21,23). The summed E-state index contributed by atoms with van der Waals surface area (Å²) < 4.78 is 15.6. The fourth-order valence-electron chi connectivity index (χ4n) is 2.68. The van der Waals surface area contributed by atoms with Crippen molar-refractivity contribution in [3.8, 4) is 0 Å². The van der Waals surface area contributed by atoms with Crippen LogP contribution in [0.2, 0.25) is 0 Å². The van der Waals surface area contributed by atoms with E-state index in [0.29, 0.717) is 31.5 Å². The van der Waals surface area contributed by atoms with Gasteiger partial charge < -0.3 is 9.88 Å². The van der Waals surface area contributed by atoms with Gasteiger partial charge in [-0.15, -0.1) is 0 Å². The highest BCUT2D eigenvalue weighted by Gasteiger charge is 2.05. The van der Waals surface area contributed by atoms with Crippen molar-refractivity contribution in [3.05, 3.63) is 72.2 Å². The molecule has 0 saturated heterocycles. The van der Waals surface area contributed by atoms with Gasteiger partial charge in [-0.2, -0.15) is 0 Å². The predicted octanol–water partition coefficient (Wildman–Crippen LogP) is 3.53. The van der Waals surface area contributed by atoms with Crippen molar-refractivity contribution in [2.45, 2.75) is 19.4 Å². The smallest absolute Gasteiger partial charge is 0.221 e. The molecular weight excluding hydrogens is 291 g/mol. The quantitative estimate of drug-likeness (QED) is 0.742. The molecule has 0 fully saturated rings. The van der Waals surface area contributed by atoms with Crippen molar-refractivity contribution < 1.29 is 9.18 Å². The van der Waals surface area contributed by atoms with E-state index in [0.717, 1.165) is 5.52 Å². The minimum atomic E-state index is -0.222. The lowest BCUT2D eigenvalue weighted by Gasteiger charge is -2.08. The Morgan fingerprint density at radius 2 is 1.83 bits per heavy atom. The molecule has 3 rings (SSSR count). The average molecular weight is 310 g/mol. The van der Waals surface area contributed by atoms with Gasteiger partial charge in [-0.25, -0.2) is 4.39 Å². The molecule has 3 nitrogen and oxygen atoms in total. The maximum atomic E-state index is 13.5. The average Bonchev–Trinajstić information content (AvgIpc) is 2.98. The molecule has 1 heterocycles. The van der Waals surface area contributed by atoms with Crippen LogP contribution in [-0.2, 0) is 17.8 Å². The minimum absolute atomic E-state index is 0.0147. The fourth-order valence-corrected chi connectivity index (χ4v) is 2.68. The fraction of sp³-hybridized carbons (Fsp3) is 0.211. The first kappa shape index (κ1) is 15.3. The molecule has 2 aromatic carbocycles. The first-order valence-electron chi connectivity index (χ1n) is 7.78. The lowest BCUT2D eigenvalue weighted by Crippen LogP contribution is -2.26. The third-order valence-electron chi connectivity index (χ3n) is 3.93. The SMILES string of the molecule is O=C(CCn1ccc2ccccc21)NCCc1ccccc1F. The van der Waals surface area contributed by atoms with Gasteiger partial charge >= 0.3 is 0 Å². The molecule has 3 aromatic rings. The van der Waals surface area contributed by atoms with Gasteiger partial charge in [-0.1, -0.05) is 36.4 Å². The summed E-state index contributed by atoms with van der Waals surface area (Å²) >= 11 is 0. The lowest BCUT2D eigenvalue weighted by molar-refractivity contribution is -0.121. The normalized spacial score (nSPS) is 10.8. The third-order valence-corrected chi connectivity index (χ3v) is 3.93. The molecule has 0 saturated carbocycles. The van der Waals surface area contributed by atoms with E-state index in [1.165, 1.54) is 11.5 Å². The molecule has 0 radical (unpaired) electrons. The highest BCUT2D eigenvalue weighted by molar-refractivity contribution is 5.80. The van der Waals surface area contributed by atoms with E-state index in [-0.39, 0.29) is 11.7 Å². The molecule has 0 aliphatic carbocycles. The number of nitrogens with one attached hydrogen (secondary N) is 1. The number of amides is 1. The van der Waals surface area contributed by atoms with E-state index in [2.05, 4.69) is 16.0 Å². The van der Waals surface area contributed by atoms with Gasteiger partial charge in [-0.3, -0.25) is 4.79 Å². The molecule has 23 heavy (non-hydrogen) atoms. The van der Waals surface area contributed by atoms with Crippen LogP contribution in [0.3, 0.4) is 0 Å². The Hall–Kier alpha value is -2.62. The van der Waals surface area contributed by atoms with Crippen LogP contribution in [0.1, 0.15) is 12.0 Å². The molecule has 4 heteroatoms. The van der Waals surface area contributed by atoms with E-state index < -0.39 is 0 Å². The molecule has 1 amide bonds. The van der Waals surface area contributed by atoms with Gasteiger partial charge in [0.1, 0.15) is 5.82 Å². The second kappa shape index (κ2) is 7.09. The number of hydrogen-bond acceptors (Lipinski definition) is 1. The zero-order chi connectivity index (χ0) is 16.1. The maximum Gasteiger partial charge on any atom is 0.221 e. The summed E-state index contributed by atoms with van der Waals surface area (Å²) in [7, 11) is 0. The Morgan fingerprint density at radius 3 is 2.70 bits per heavy atom. The van der Waals surface area contributed by atoms with Gasteiger partial charge in [0.25, 0.3) is 0 Å². The molecule has 0 bridgehead atoms. The van der Waals surface area contributed by atoms with Gasteiger partial charge in [0.05, 0.1) is 0 Å². The molecule has 0 spiro atoms. The van der Waals surface area contributed by atoms with Crippen LogP contribution in [0.4, 0.5) is 4.39 Å². The molecule has 1 aromatic heterocycles. The Bertz CT molecular complexity index is 810. The van der Waals surface area contributed by atoms with Crippen LogP contribution in [0.25, 0.3) is 10.9 Å². The molecule has 118 valence electrons. The van der Waals surface area contributed by atoms with Gasteiger partial charge in [-0.05, 0) is 35.6 Å². The molecule has 1 N–H and O–H groups in total. The summed E-state index contributed by atoms with van der Waals surface area (Å²) in [5.74, 6) is -0.236. The number of fused-ring (bicyclic) bond motifs is 1. The van der Waals surface area contributed by atoms with E-state index in [9.17, 15) is 9.18 Å². The van der Waals surface area contributed by atoms with E-state index in [1.807, 2.05) is 30.5 Å². The minimum Gasteiger partial charge on any atom is -0.356 e. The van der Waals surface area contributed by atoms with E-state index in [1.54, 1.807) is 18.2 Å². The monoisotopic (exact) mass is 310 g/mol. The van der Waals surface area contributed by atoms with Crippen molar-refractivity contribution >= 4 is 16.8 Å². The molecule has 0 aliphatic rings. The van der Waals surface area contributed by atoms with Crippen molar-refractivity contribution in [2.75, 3.05) is 6.54 Å². The zero-order valence-corrected chi connectivity index (χ0v) is 12.8. The van der Waals surface area contributed by atoms with Gasteiger partial charge in [0, 0.05) is 31.2 Å². The summed E-state index contributed by atoms with van der Waals surface area (Å²) in [4.78, 5) is 11.9. The first-order valence-corrected chi connectivity index (χ1v) is 7.78. The summed E-state index contributed by atoms with van der Waals surface area (Å²) in [5.41, 5.74) is 1.76. The number of carbonyl (C=O) groups is 1. The Labute approximate surface area is 134 Å². The van der Waals surface area contributed by atoms with Crippen LogP contribution >= 0.6 is 0 Å². The topological polar surface area (TPSA) is 34.0 Å². The van der Waals surface area contributed by atoms with Crippen LogP contribution in [0.5, 0.6) is 0 Å². The molecule has 0 atom stereocenters. The molecule has 0 unspecified atom stereocenters. The number of hydrogen-bond donors (Lipinski definition) is 1. The second-order valence-corrected chi connectivity index (χ2v) is 5.51. The number of nitrogens with zero attached hydrogens (tertiary/aromatic N) is 1. The number of halogens is 1. The molecule has 0 aliphatic heterocycles. The maximum absolute atomic E-state index is 13.5. The Kier molecular flexibility index (Phi) is 4.71. The summed E-state index contributed by atoms with van der Waals surface area (Å²) in [5, 5.41) is 4.02. The zero-order valence-electron chi connectivity index (χ0n) is 12.8. The number of para-hydroxylation sites is 1. The van der Waals surface area contributed by atoms with Crippen LogP contribution in [-0.4, -0.2) is 17.0 Å². The predicted molar refractivity (Wildman–Crippen MR) is 89.7 cm³/mol. The van der Waals surface area contributed by atoms with Crippen molar-refractivity contribution in [1.29, 1.82) is 0 Å². The van der Waals surface area contributed by atoms with Gasteiger partial charge in [0.2, 0.25) is 5.91 Å². The Balaban J connectivity index is 1.47. The second-order valence-electron chi connectivity index (χ2n) is 5.51. The van der Waals surface area contributed by atoms with E-state index in [4.69, 9.17) is 0 Å². The highest BCUT2D eigenvalue weighted by atomic mass is 19.1. The number of aromatic nitrogens is 1. The molecular formula is C19H19FN2O. The third kappa shape index (κ3) is 3.77. The number of carbonyl (C=O) groups excluding carboxylic acids is 1. The number of benzene rings is 2. The largest absolute Gasteiger partial charge is 0.356 e. The first-order chi connectivity index (χ1) is 11.2. The van der Waals surface area contributed by atoms with Crippen LogP contribution in [0, 0.1) is 5.82 Å². The number of rotatable bonds is 6. The number of aryl methyl sites for hydroxylation is 1. The van der Waals surface area contributed by atoms with E-state index >= 15 is 0 Å². The van der Waals surface area contributed by atoms with Crippen molar-refractivity contribution in [3.63, 3.8) is 0 Å². The summed E-state index contributed by atoms with van der Waals surface area (Å²) in [6.07, 6.45) is 2.91. The lowest BCUT2D eigenvalue weighted by atomic mass is 10.1. The summed E-state index contributed by atoms with van der Waals surface area (Å²) in [6.45, 7) is 1.09. The van der Waals surface area contributed by atoms with Gasteiger partial charge in [0.15, 0.2) is 0 Å². The highest BCUT2D eigenvalue weighted by Crippen LogP contribution is 2.15.